The molecule has 2 amide bonds. The van der Waals surface area contributed by atoms with Crippen molar-refractivity contribution in [2.45, 2.75) is 51.6 Å². The van der Waals surface area contributed by atoms with Gasteiger partial charge in [-0.05, 0) is 33.6 Å². The third kappa shape index (κ3) is 4.71. The van der Waals surface area contributed by atoms with Gasteiger partial charge in [0.2, 0.25) is 11.8 Å². The van der Waals surface area contributed by atoms with Crippen LogP contribution < -0.4 is 4.72 Å². The molecule has 0 aliphatic carbocycles. The van der Waals surface area contributed by atoms with Crippen LogP contribution in [0.5, 0.6) is 0 Å². The van der Waals surface area contributed by atoms with Gasteiger partial charge in [0.1, 0.15) is 0 Å². The van der Waals surface area contributed by atoms with Gasteiger partial charge in [0.05, 0.1) is 5.92 Å². The van der Waals surface area contributed by atoms with Crippen LogP contribution >= 0.6 is 0 Å². The Morgan fingerprint density at radius 1 is 1.20 bits per heavy atom. The number of nitrogens with zero attached hydrogens (tertiary/aromatic N) is 3. The highest BCUT2D eigenvalue weighted by Crippen LogP contribution is 2.28. The number of carbonyl (C=O) groups excluding carboxylic acids is 2. The number of nitrogens with one attached hydrogen (secondary N) is 1. The lowest BCUT2D eigenvalue weighted by molar-refractivity contribution is -0.136. The standard InChI is InChI=1S/C16H30N4O4S/c1-16(2,3)20-11-12(10-14(20)21)15(22)19-8-6-13(7-9-19)17-25(23,24)18(4)5/h12-13,17H,6-11H2,1-5H3. The van der Waals surface area contributed by atoms with E-state index >= 15 is 0 Å². The van der Waals surface area contributed by atoms with Gasteiger partial charge in [-0.3, -0.25) is 9.59 Å². The monoisotopic (exact) mass is 374 g/mol. The van der Waals surface area contributed by atoms with Crippen molar-refractivity contribution in [2.24, 2.45) is 5.92 Å². The summed E-state index contributed by atoms with van der Waals surface area (Å²) in [5.74, 6) is -0.254. The summed E-state index contributed by atoms with van der Waals surface area (Å²) in [4.78, 5) is 28.4. The molecule has 2 aliphatic rings. The van der Waals surface area contributed by atoms with Gasteiger partial charge >= 0.3 is 0 Å². The number of carbonyl (C=O) groups is 2. The van der Waals surface area contributed by atoms with Crippen LogP contribution in [-0.4, -0.2) is 79.6 Å². The van der Waals surface area contributed by atoms with Crippen LogP contribution in [-0.2, 0) is 19.8 Å². The first kappa shape index (κ1) is 20.1. The number of hydrogen-bond donors (Lipinski definition) is 1. The Morgan fingerprint density at radius 3 is 2.20 bits per heavy atom. The largest absolute Gasteiger partial charge is 0.342 e. The molecule has 9 heteroatoms. The first-order valence-corrected chi connectivity index (χ1v) is 10.1. The lowest BCUT2D eigenvalue weighted by Gasteiger charge is -2.35. The second-order valence-electron chi connectivity index (χ2n) is 8.08. The number of piperidine rings is 1. The average Bonchev–Trinajstić information content (AvgIpc) is 2.89. The minimum atomic E-state index is -3.45. The van der Waals surface area contributed by atoms with Crippen LogP contribution in [0.25, 0.3) is 0 Å². The molecule has 2 saturated heterocycles. The number of likely N-dealkylation sites (tertiary alicyclic amines) is 2. The van der Waals surface area contributed by atoms with Gasteiger partial charge in [-0.15, -0.1) is 0 Å². The molecule has 0 aromatic rings. The first-order valence-electron chi connectivity index (χ1n) is 8.71. The van der Waals surface area contributed by atoms with Crippen LogP contribution in [0.4, 0.5) is 0 Å². The number of rotatable bonds is 4. The molecule has 1 atom stereocenters. The van der Waals surface area contributed by atoms with Crippen molar-refractivity contribution in [1.82, 2.24) is 18.8 Å². The van der Waals surface area contributed by atoms with Crippen LogP contribution in [0.1, 0.15) is 40.0 Å². The first-order chi connectivity index (χ1) is 11.4. The minimum Gasteiger partial charge on any atom is -0.342 e. The predicted octanol–water partition coefficient (Wildman–Crippen LogP) is 0.0204. The summed E-state index contributed by atoms with van der Waals surface area (Å²) in [6, 6.07) is -0.160. The van der Waals surface area contributed by atoms with E-state index in [1.54, 1.807) is 9.80 Å². The Labute approximate surface area is 150 Å². The smallest absolute Gasteiger partial charge is 0.279 e. The fourth-order valence-electron chi connectivity index (χ4n) is 3.31. The van der Waals surface area contributed by atoms with Crippen molar-refractivity contribution in [2.75, 3.05) is 33.7 Å². The van der Waals surface area contributed by atoms with Crippen LogP contribution in [0.15, 0.2) is 0 Å². The summed E-state index contributed by atoms with van der Waals surface area (Å²) in [5.41, 5.74) is -0.274. The van der Waals surface area contributed by atoms with Gasteiger partial charge in [-0.1, -0.05) is 0 Å². The fourth-order valence-corrected chi connectivity index (χ4v) is 4.18. The van der Waals surface area contributed by atoms with E-state index in [0.717, 1.165) is 4.31 Å². The van der Waals surface area contributed by atoms with E-state index in [0.29, 0.717) is 32.5 Å². The van der Waals surface area contributed by atoms with Crippen molar-refractivity contribution in [3.05, 3.63) is 0 Å². The predicted molar refractivity (Wildman–Crippen MR) is 94.9 cm³/mol. The van der Waals surface area contributed by atoms with Crippen LogP contribution in [0.3, 0.4) is 0 Å². The molecule has 2 aliphatic heterocycles. The molecule has 8 nitrogen and oxygen atoms in total. The number of hydrogen-bond acceptors (Lipinski definition) is 4. The summed E-state index contributed by atoms with van der Waals surface area (Å²) in [6.45, 7) is 7.41. The Hall–Kier alpha value is -1.19. The topological polar surface area (TPSA) is 90.0 Å². The Morgan fingerprint density at radius 2 is 1.76 bits per heavy atom. The van der Waals surface area contributed by atoms with Gasteiger partial charge in [-0.25, -0.2) is 0 Å². The highest BCUT2D eigenvalue weighted by Gasteiger charge is 2.41. The molecule has 2 fully saturated rings. The third-order valence-corrected chi connectivity index (χ3v) is 6.48. The summed E-state index contributed by atoms with van der Waals surface area (Å²) in [5, 5.41) is 0. The molecular formula is C16H30N4O4S. The van der Waals surface area contributed by atoms with Crippen molar-refractivity contribution < 1.29 is 18.0 Å². The molecule has 0 radical (unpaired) electrons. The van der Waals surface area contributed by atoms with Crippen molar-refractivity contribution in [3.63, 3.8) is 0 Å². The van der Waals surface area contributed by atoms with E-state index in [-0.39, 0.29) is 35.7 Å². The highest BCUT2D eigenvalue weighted by atomic mass is 32.2. The van der Waals surface area contributed by atoms with Crippen LogP contribution in [0, 0.1) is 5.92 Å². The van der Waals surface area contributed by atoms with Crippen LogP contribution in [0.2, 0.25) is 0 Å². The van der Waals surface area contributed by atoms with Gasteiger partial charge in [-0.2, -0.15) is 17.4 Å². The summed E-state index contributed by atoms with van der Waals surface area (Å²) in [6.07, 6.45) is 1.44. The van der Waals surface area contributed by atoms with E-state index in [1.165, 1.54) is 14.1 Å². The van der Waals surface area contributed by atoms with Gasteiger partial charge in [0.25, 0.3) is 10.2 Å². The van der Waals surface area contributed by atoms with E-state index in [4.69, 9.17) is 0 Å². The zero-order valence-corrected chi connectivity index (χ0v) is 16.6. The molecule has 144 valence electrons. The Kier molecular flexibility index (Phi) is 5.80. The molecule has 25 heavy (non-hydrogen) atoms. The van der Waals surface area contributed by atoms with Crippen molar-refractivity contribution in [3.8, 4) is 0 Å². The van der Waals surface area contributed by atoms with Gasteiger partial charge < -0.3 is 9.80 Å². The fraction of sp³-hybridized carbons (Fsp3) is 0.875. The van der Waals surface area contributed by atoms with Crippen molar-refractivity contribution >= 4 is 22.0 Å². The zero-order chi connectivity index (χ0) is 19.0. The van der Waals surface area contributed by atoms with Crippen molar-refractivity contribution in [1.29, 1.82) is 0 Å². The van der Waals surface area contributed by atoms with E-state index in [2.05, 4.69) is 4.72 Å². The minimum absolute atomic E-state index is 0.00835. The third-order valence-electron chi connectivity index (χ3n) is 4.89. The maximum absolute atomic E-state index is 12.7. The normalized spacial score (nSPS) is 23.6. The summed E-state index contributed by atoms with van der Waals surface area (Å²) in [7, 11) is -0.483. The molecular weight excluding hydrogens is 344 g/mol. The molecule has 0 aromatic carbocycles. The lowest BCUT2D eigenvalue weighted by Crippen LogP contribution is -2.50. The van der Waals surface area contributed by atoms with Gasteiger partial charge in [0.15, 0.2) is 0 Å². The summed E-state index contributed by atoms with van der Waals surface area (Å²) < 4.78 is 27.6. The van der Waals surface area contributed by atoms with E-state index in [9.17, 15) is 18.0 Å². The van der Waals surface area contributed by atoms with E-state index in [1.807, 2.05) is 20.8 Å². The van der Waals surface area contributed by atoms with Gasteiger partial charge in [0, 0.05) is 51.7 Å². The number of amides is 2. The second kappa shape index (κ2) is 7.20. The summed E-state index contributed by atoms with van der Waals surface area (Å²) >= 11 is 0. The molecule has 2 heterocycles. The second-order valence-corrected chi connectivity index (χ2v) is 10.00. The quantitative estimate of drug-likeness (QED) is 0.751. The molecule has 1 unspecified atom stereocenters. The maximum Gasteiger partial charge on any atom is 0.279 e. The molecule has 0 bridgehead atoms. The SMILES string of the molecule is CN(C)S(=O)(=O)NC1CCN(C(=O)C2CC(=O)N(C(C)(C)C)C2)CC1. The Balaban J connectivity index is 1.89. The molecule has 1 N–H and O–H groups in total. The molecule has 2 rings (SSSR count). The lowest BCUT2D eigenvalue weighted by atomic mass is 10.0. The average molecular weight is 375 g/mol. The maximum atomic E-state index is 12.7. The highest BCUT2D eigenvalue weighted by molar-refractivity contribution is 7.87. The molecule has 0 saturated carbocycles. The van der Waals surface area contributed by atoms with E-state index < -0.39 is 10.2 Å². The molecule has 0 aromatic heterocycles. The zero-order valence-electron chi connectivity index (χ0n) is 15.8. The molecule has 0 spiro atoms. The Bertz CT molecular complexity index is 619.